The van der Waals surface area contributed by atoms with Crippen molar-refractivity contribution in [3.8, 4) is 17.2 Å². The maximum Gasteiger partial charge on any atom is 0.257 e. The number of anilines is 1. The van der Waals surface area contributed by atoms with Crippen LogP contribution in [0.25, 0.3) is 11.5 Å². The molecular formula is C22H24N4O3. The number of rotatable bonds is 6. The summed E-state index contributed by atoms with van der Waals surface area (Å²) in [5.74, 6) is 1.91. The minimum Gasteiger partial charge on any atom is -0.497 e. The van der Waals surface area contributed by atoms with E-state index >= 15 is 0 Å². The first kappa shape index (κ1) is 19.0. The first-order chi connectivity index (χ1) is 14.0. The van der Waals surface area contributed by atoms with Crippen molar-refractivity contribution in [2.75, 3.05) is 32.6 Å². The molecule has 4 rings (SSSR count). The highest BCUT2D eigenvalue weighted by atomic mass is 16.5. The highest BCUT2D eigenvalue weighted by Gasteiger charge is 2.33. The van der Waals surface area contributed by atoms with E-state index in [1.807, 2.05) is 72.4 Å². The number of amides is 1. The second-order valence-corrected chi connectivity index (χ2v) is 7.42. The van der Waals surface area contributed by atoms with Crippen LogP contribution in [0.5, 0.6) is 5.75 Å². The molecule has 0 saturated carbocycles. The Morgan fingerprint density at radius 3 is 2.52 bits per heavy atom. The van der Waals surface area contributed by atoms with Crippen LogP contribution in [0.2, 0.25) is 0 Å². The van der Waals surface area contributed by atoms with Gasteiger partial charge in [0.1, 0.15) is 5.75 Å². The number of carbonyl (C=O) groups is 1. The largest absolute Gasteiger partial charge is 0.497 e. The number of methoxy groups -OCH3 is 1. The topological polar surface area (TPSA) is 71.7 Å². The quantitative estimate of drug-likeness (QED) is 0.641. The third-order valence-electron chi connectivity index (χ3n) is 5.18. The van der Waals surface area contributed by atoms with Gasteiger partial charge < -0.3 is 19.1 Å². The van der Waals surface area contributed by atoms with Crippen molar-refractivity contribution < 1.29 is 14.1 Å². The van der Waals surface area contributed by atoms with Crippen LogP contribution in [0, 0.1) is 0 Å². The van der Waals surface area contributed by atoms with Crippen molar-refractivity contribution in [2.45, 2.75) is 18.9 Å². The second-order valence-electron chi connectivity index (χ2n) is 7.42. The molecule has 0 bridgehead atoms. The molecule has 0 spiro atoms. The summed E-state index contributed by atoms with van der Waals surface area (Å²) in [6.45, 7) is 1.15. The number of likely N-dealkylation sites (tertiary alicyclic amines) is 1. The van der Waals surface area contributed by atoms with E-state index in [4.69, 9.17) is 9.26 Å². The van der Waals surface area contributed by atoms with E-state index in [0.29, 0.717) is 31.2 Å². The summed E-state index contributed by atoms with van der Waals surface area (Å²) in [5.41, 5.74) is 3.03. The Hall–Kier alpha value is -3.35. The molecule has 0 radical (unpaired) electrons. The number of hydrogen-bond donors (Lipinski definition) is 0. The zero-order valence-corrected chi connectivity index (χ0v) is 16.8. The number of nitrogens with zero attached hydrogens (tertiary/aromatic N) is 4. The summed E-state index contributed by atoms with van der Waals surface area (Å²) in [6, 6.07) is 15.7. The number of hydrogen-bond acceptors (Lipinski definition) is 6. The SMILES string of the molecule is COc1ccc(CN2CC(c3noc(-c4ccc(N(C)C)cc4)n3)CC2=O)cc1. The molecule has 7 nitrogen and oxygen atoms in total. The number of carbonyl (C=O) groups excluding carboxylic acids is 1. The predicted molar refractivity (Wildman–Crippen MR) is 110 cm³/mol. The first-order valence-corrected chi connectivity index (χ1v) is 9.55. The third kappa shape index (κ3) is 4.08. The maximum atomic E-state index is 12.5. The van der Waals surface area contributed by atoms with Gasteiger partial charge in [0.15, 0.2) is 5.82 Å². The lowest BCUT2D eigenvalue weighted by molar-refractivity contribution is -0.128. The van der Waals surface area contributed by atoms with E-state index < -0.39 is 0 Å². The molecular weight excluding hydrogens is 368 g/mol. The van der Waals surface area contributed by atoms with Crippen molar-refractivity contribution in [2.24, 2.45) is 0 Å². The van der Waals surface area contributed by atoms with Crippen LogP contribution in [0.15, 0.2) is 53.1 Å². The highest BCUT2D eigenvalue weighted by molar-refractivity contribution is 5.79. The summed E-state index contributed by atoms with van der Waals surface area (Å²) < 4.78 is 10.6. The van der Waals surface area contributed by atoms with Crippen LogP contribution >= 0.6 is 0 Å². The fourth-order valence-corrected chi connectivity index (χ4v) is 3.47. The lowest BCUT2D eigenvalue weighted by Gasteiger charge is -2.16. The molecule has 0 N–H and O–H groups in total. The molecule has 7 heteroatoms. The molecule has 29 heavy (non-hydrogen) atoms. The van der Waals surface area contributed by atoms with Gasteiger partial charge in [0, 0.05) is 50.8 Å². The molecule has 2 aromatic carbocycles. The van der Waals surface area contributed by atoms with Gasteiger partial charge in [-0.2, -0.15) is 4.98 Å². The standard InChI is InChI=1S/C22H24N4O3/c1-25(2)18-8-6-16(7-9-18)22-23-21(24-29-22)17-12-20(27)26(14-17)13-15-4-10-19(28-3)11-5-15/h4-11,17H,12-14H2,1-3H3. The lowest BCUT2D eigenvalue weighted by atomic mass is 10.1. The zero-order valence-electron chi connectivity index (χ0n) is 16.8. The smallest absolute Gasteiger partial charge is 0.257 e. The van der Waals surface area contributed by atoms with Crippen LogP contribution in [-0.2, 0) is 11.3 Å². The van der Waals surface area contributed by atoms with Crippen molar-refractivity contribution in [3.63, 3.8) is 0 Å². The summed E-state index contributed by atoms with van der Waals surface area (Å²) in [6.07, 6.45) is 0.398. The highest BCUT2D eigenvalue weighted by Crippen LogP contribution is 2.30. The monoisotopic (exact) mass is 392 g/mol. The average molecular weight is 392 g/mol. The van der Waals surface area contributed by atoms with Gasteiger partial charge in [-0.1, -0.05) is 17.3 Å². The van der Waals surface area contributed by atoms with Gasteiger partial charge in [0.25, 0.3) is 5.89 Å². The van der Waals surface area contributed by atoms with Crippen LogP contribution < -0.4 is 9.64 Å². The summed E-state index contributed by atoms with van der Waals surface area (Å²) in [4.78, 5) is 20.9. The first-order valence-electron chi connectivity index (χ1n) is 9.55. The maximum absolute atomic E-state index is 12.5. The Bertz CT molecular complexity index is 980. The van der Waals surface area contributed by atoms with Gasteiger partial charge in [-0.05, 0) is 42.0 Å². The normalized spacial score (nSPS) is 16.3. The fourth-order valence-electron chi connectivity index (χ4n) is 3.47. The summed E-state index contributed by atoms with van der Waals surface area (Å²) >= 11 is 0. The molecule has 1 saturated heterocycles. The van der Waals surface area contributed by atoms with Gasteiger partial charge in [0.2, 0.25) is 5.91 Å². The Morgan fingerprint density at radius 1 is 1.14 bits per heavy atom. The molecule has 3 aromatic rings. The summed E-state index contributed by atoms with van der Waals surface area (Å²) in [5, 5.41) is 4.14. The predicted octanol–water partition coefficient (Wildman–Crippen LogP) is 3.33. The van der Waals surface area contributed by atoms with Crippen molar-refractivity contribution in [1.82, 2.24) is 15.0 Å². The molecule has 1 aliphatic rings. The van der Waals surface area contributed by atoms with E-state index in [1.165, 1.54) is 0 Å². The van der Waals surface area contributed by atoms with Crippen LogP contribution in [0.4, 0.5) is 5.69 Å². The number of benzene rings is 2. The van der Waals surface area contributed by atoms with E-state index in [-0.39, 0.29) is 11.8 Å². The van der Waals surface area contributed by atoms with Crippen molar-refractivity contribution in [3.05, 3.63) is 59.9 Å². The molecule has 1 atom stereocenters. The van der Waals surface area contributed by atoms with Gasteiger partial charge in [-0.25, -0.2) is 0 Å². The number of aromatic nitrogens is 2. The average Bonchev–Trinajstić information content (AvgIpc) is 3.36. The second kappa shape index (κ2) is 7.95. The van der Waals surface area contributed by atoms with E-state index in [2.05, 4.69) is 10.1 Å². The fraction of sp³-hybridized carbons (Fsp3) is 0.318. The van der Waals surface area contributed by atoms with Crippen LogP contribution in [-0.4, -0.2) is 48.7 Å². The van der Waals surface area contributed by atoms with E-state index in [1.54, 1.807) is 7.11 Å². The van der Waals surface area contributed by atoms with Crippen molar-refractivity contribution >= 4 is 11.6 Å². The van der Waals surface area contributed by atoms with E-state index in [9.17, 15) is 4.79 Å². The minimum absolute atomic E-state index is 0.0562. The minimum atomic E-state index is -0.0562. The Kier molecular flexibility index (Phi) is 5.20. The van der Waals surface area contributed by atoms with E-state index in [0.717, 1.165) is 22.6 Å². The molecule has 1 aromatic heterocycles. The Labute approximate surface area is 169 Å². The van der Waals surface area contributed by atoms with Crippen LogP contribution in [0.3, 0.4) is 0 Å². The molecule has 1 fully saturated rings. The van der Waals surface area contributed by atoms with Gasteiger partial charge in [-0.3, -0.25) is 4.79 Å². The molecule has 0 aliphatic carbocycles. The Balaban J connectivity index is 1.43. The van der Waals surface area contributed by atoms with Gasteiger partial charge in [-0.15, -0.1) is 0 Å². The molecule has 1 unspecified atom stereocenters. The molecule has 2 heterocycles. The van der Waals surface area contributed by atoms with Gasteiger partial charge in [0.05, 0.1) is 7.11 Å². The molecule has 1 amide bonds. The summed E-state index contributed by atoms with van der Waals surface area (Å²) in [7, 11) is 5.63. The van der Waals surface area contributed by atoms with Crippen molar-refractivity contribution in [1.29, 1.82) is 0 Å². The Morgan fingerprint density at radius 2 is 1.86 bits per heavy atom. The third-order valence-corrected chi connectivity index (χ3v) is 5.18. The molecule has 1 aliphatic heterocycles. The van der Waals surface area contributed by atoms with Gasteiger partial charge >= 0.3 is 0 Å². The number of ether oxygens (including phenoxy) is 1. The molecule has 150 valence electrons. The van der Waals surface area contributed by atoms with Crippen LogP contribution in [0.1, 0.15) is 23.7 Å². The zero-order chi connectivity index (χ0) is 20.4. The lowest BCUT2D eigenvalue weighted by Crippen LogP contribution is -2.24.